The van der Waals surface area contributed by atoms with Gasteiger partial charge in [0, 0.05) is 12.5 Å². The maximum Gasteiger partial charge on any atom is 0.408 e. The molecule has 0 aliphatic carbocycles. The van der Waals surface area contributed by atoms with Crippen molar-refractivity contribution >= 4 is 23.9 Å². The van der Waals surface area contributed by atoms with E-state index in [2.05, 4.69) is 10.6 Å². The fourth-order valence-corrected chi connectivity index (χ4v) is 4.97. The minimum atomic E-state index is -1.10. The summed E-state index contributed by atoms with van der Waals surface area (Å²) in [7, 11) is 0. The molecule has 0 radical (unpaired) electrons. The van der Waals surface area contributed by atoms with Crippen molar-refractivity contribution in [3.63, 3.8) is 0 Å². The third kappa shape index (κ3) is 12.5. The van der Waals surface area contributed by atoms with Crippen molar-refractivity contribution in [2.75, 3.05) is 0 Å². The van der Waals surface area contributed by atoms with Crippen LogP contribution in [0.5, 0.6) is 0 Å². The van der Waals surface area contributed by atoms with E-state index in [9.17, 15) is 19.2 Å². The first kappa shape index (κ1) is 38.3. The molecule has 4 unspecified atom stereocenters. The summed E-state index contributed by atoms with van der Waals surface area (Å²) in [5.41, 5.74) is 0.887. The molecule has 254 valence electrons. The summed E-state index contributed by atoms with van der Waals surface area (Å²) in [6, 6.07) is 13.3. The second kappa shape index (κ2) is 16.6. The Morgan fingerprint density at radius 1 is 0.783 bits per heavy atom. The van der Waals surface area contributed by atoms with Gasteiger partial charge in [-0.05, 0) is 85.3 Å². The number of carbonyl (C=O) groups is 4. The molecule has 4 atom stereocenters. The number of carbonyl (C=O) groups excluding carboxylic acids is 4. The molecule has 0 aliphatic rings. The summed E-state index contributed by atoms with van der Waals surface area (Å²) >= 11 is 0. The Morgan fingerprint density at radius 3 is 1.85 bits per heavy atom. The number of nitrogens with one attached hydrogen (secondary N) is 2. The van der Waals surface area contributed by atoms with Crippen LogP contribution in [0, 0.1) is 12.8 Å². The molecular formula is C37H55N3O6. The van der Waals surface area contributed by atoms with E-state index in [0.29, 0.717) is 18.4 Å². The lowest BCUT2D eigenvalue weighted by Crippen LogP contribution is -2.57. The van der Waals surface area contributed by atoms with Crippen LogP contribution in [-0.2, 0) is 30.3 Å². The molecule has 0 saturated carbocycles. The fourth-order valence-electron chi connectivity index (χ4n) is 4.97. The van der Waals surface area contributed by atoms with Crippen LogP contribution in [-0.4, -0.2) is 58.1 Å². The zero-order chi connectivity index (χ0) is 34.8. The lowest BCUT2D eigenvalue weighted by atomic mass is 9.96. The first-order chi connectivity index (χ1) is 21.3. The average molecular weight is 638 g/mol. The number of benzene rings is 2. The third-order valence-electron chi connectivity index (χ3n) is 7.23. The number of ether oxygens (including phenoxy) is 2. The van der Waals surface area contributed by atoms with Crippen molar-refractivity contribution in [3.8, 4) is 0 Å². The normalized spacial score (nSPS) is 14.4. The SMILES string of the molecule is CCC(C)N(C(=O)C(CC(C)C)NC(=O)OC(C)(C)C)C(C(=O)NC(Cc1ccccc1)C(=O)OC(C)(C)C)c1ccc(C)cc1. The van der Waals surface area contributed by atoms with Gasteiger partial charge >= 0.3 is 12.1 Å². The summed E-state index contributed by atoms with van der Waals surface area (Å²) in [6.45, 7) is 20.3. The maximum absolute atomic E-state index is 14.5. The van der Waals surface area contributed by atoms with E-state index in [-0.39, 0.29) is 12.3 Å². The number of nitrogens with zero attached hydrogens (tertiary/aromatic N) is 1. The van der Waals surface area contributed by atoms with Gasteiger partial charge in [-0.3, -0.25) is 9.59 Å². The Balaban J connectivity index is 2.63. The van der Waals surface area contributed by atoms with Gasteiger partial charge in [0.15, 0.2) is 0 Å². The van der Waals surface area contributed by atoms with Gasteiger partial charge in [-0.25, -0.2) is 9.59 Å². The molecule has 9 nitrogen and oxygen atoms in total. The van der Waals surface area contributed by atoms with Crippen molar-refractivity contribution in [1.29, 1.82) is 0 Å². The zero-order valence-electron chi connectivity index (χ0n) is 29.6. The topological polar surface area (TPSA) is 114 Å². The maximum atomic E-state index is 14.5. The lowest BCUT2D eigenvalue weighted by molar-refractivity contribution is -0.159. The van der Waals surface area contributed by atoms with Gasteiger partial charge in [-0.2, -0.15) is 0 Å². The second-order valence-electron chi connectivity index (χ2n) is 14.4. The minimum absolute atomic E-state index is 0.0525. The highest BCUT2D eigenvalue weighted by Crippen LogP contribution is 2.28. The van der Waals surface area contributed by atoms with Gasteiger partial charge in [0.05, 0.1) is 0 Å². The van der Waals surface area contributed by atoms with Crippen molar-refractivity contribution in [2.24, 2.45) is 5.92 Å². The first-order valence-electron chi connectivity index (χ1n) is 16.3. The van der Waals surface area contributed by atoms with E-state index in [4.69, 9.17) is 9.47 Å². The van der Waals surface area contributed by atoms with Gasteiger partial charge in [0.1, 0.15) is 29.3 Å². The van der Waals surface area contributed by atoms with E-state index < -0.39 is 59.2 Å². The highest BCUT2D eigenvalue weighted by atomic mass is 16.6. The van der Waals surface area contributed by atoms with Crippen LogP contribution >= 0.6 is 0 Å². The summed E-state index contributed by atoms with van der Waals surface area (Å²) < 4.78 is 11.2. The predicted octanol–water partition coefficient (Wildman–Crippen LogP) is 6.67. The van der Waals surface area contributed by atoms with Gasteiger partial charge in [0.2, 0.25) is 11.8 Å². The largest absolute Gasteiger partial charge is 0.458 e. The van der Waals surface area contributed by atoms with Crippen LogP contribution in [0.1, 0.15) is 105 Å². The van der Waals surface area contributed by atoms with Gasteiger partial charge in [0.25, 0.3) is 0 Å². The molecule has 3 amide bonds. The van der Waals surface area contributed by atoms with E-state index in [1.807, 2.05) is 89.2 Å². The molecule has 9 heteroatoms. The van der Waals surface area contributed by atoms with Crippen molar-refractivity contribution < 1.29 is 28.7 Å². The van der Waals surface area contributed by atoms with Crippen molar-refractivity contribution in [3.05, 3.63) is 71.3 Å². The molecule has 0 aliphatic heterocycles. The molecule has 46 heavy (non-hydrogen) atoms. The number of esters is 1. The monoisotopic (exact) mass is 637 g/mol. The number of rotatable bonds is 13. The van der Waals surface area contributed by atoms with Crippen LogP contribution in [0.25, 0.3) is 0 Å². The van der Waals surface area contributed by atoms with Crippen LogP contribution in [0.4, 0.5) is 4.79 Å². The van der Waals surface area contributed by atoms with Crippen LogP contribution < -0.4 is 10.6 Å². The molecule has 0 spiro atoms. The minimum Gasteiger partial charge on any atom is -0.458 e. The molecule has 2 aromatic rings. The molecule has 0 aromatic heterocycles. The van der Waals surface area contributed by atoms with Crippen LogP contribution in [0.3, 0.4) is 0 Å². The predicted molar refractivity (Wildman–Crippen MR) is 181 cm³/mol. The first-order valence-corrected chi connectivity index (χ1v) is 16.3. The van der Waals surface area contributed by atoms with E-state index in [0.717, 1.165) is 11.1 Å². The van der Waals surface area contributed by atoms with E-state index in [1.165, 1.54) is 0 Å². The van der Waals surface area contributed by atoms with E-state index in [1.54, 1.807) is 46.4 Å². The Morgan fingerprint density at radius 2 is 1.35 bits per heavy atom. The van der Waals surface area contributed by atoms with Crippen LogP contribution in [0.15, 0.2) is 54.6 Å². The molecule has 0 saturated heterocycles. The van der Waals surface area contributed by atoms with Crippen LogP contribution in [0.2, 0.25) is 0 Å². The number of hydrogen-bond donors (Lipinski definition) is 2. The van der Waals surface area contributed by atoms with Crippen molar-refractivity contribution in [1.82, 2.24) is 15.5 Å². The van der Waals surface area contributed by atoms with Gasteiger partial charge < -0.3 is 25.0 Å². The smallest absolute Gasteiger partial charge is 0.408 e. The average Bonchev–Trinajstić information content (AvgIpc) is 2.93. The third-order valence-corrected chi connectivity index (χ3v) is 7.23. The fraction of sp³-hybridized carbons (Fsp3) is 0.568. The molecule has 2 aromatic carbocycles. The molecule has 0 heterocycles. The Labute approximate surface area is 275 Å². The Bertz CT molecular complexity index is 1300. The number of amides is 3. The Kier molecular flexibility index (Phi) is 13.8. The van der Waals surface area contributed by atoms with Gasteiger partial charge in [-0.1, -0.05) is 80.9 Å². The molecular weight excluding hydrogens is 582 g/mol. The van der Waals surface area contributed by atoms with Gasteiger partial charge in [-0.15, -0.1) is 0 Å². The number of hydrogen-bond acceptors (Lipinski definition) is 6. The Hall–Kier alpha value is -3.88. The summed E-state index contributed by atoms with van der Waals surface area (Å²) in [4.78, 5) is 57.0. The summed E-state index contributed by atoms with van der Waals surface area (Å²) in [5, 5.41) is 5.73. The highest BCUT2D eigenvalue weighted by molar-refractivity contribution is 5.94. The molecule has 2 rings (SSSR count). The molecule has 0 bridgehead atoms. The van der Waals surface area contributed by atoms with E-state index >= 15 is 0 Å². The lowest BCUT2D eigenvalue weighted by Gasteiger charge is -2.39. The second-order valence-corrected chi connectivity index (χ2v) is 14.4. The highest BCUT2D eigenvalue weighted by Gasteiger charge is 2.40. The van der Waals surface area contributed by atoms with Crippen molar-refractivity contribution in [2.45, 2.75) is 131 Å². The molecule has 0 fully saturated rings. The quantitative estimate of drug-likeness (QED) is 0.237. The standard InChI is InChI=1S/C37H55N3O6/c1-12-26(5)40(33(42)29(22-24(2)3)39-35(44)46-37(9,10)11)31(28-20-18-25(4)19-21-28)32(41)38-30(34(43)45-36(6,7)8)23-27-16-14-13-15-17-27/h13-21,24,26,29-31H,12,22-23H2,1-11H3,(H,38,41)(H,39,44). The number of alkyl carbamates (subject to hydrolysis) is 1. The zero-order valence-corrected chi connectivity index (χ0v) is 29.6. The summed E-state index contributed by atoms with van der Waals surface area (Å²) in [5.74, 6) is -1.45. The summed E-state index contributed by atoms with van der Waals surface area (Å²) in [6.07, 6.45) is 0.374. The molecule has 2 N–H and O–H groups in total. The number of aryl methyl sites for hydroxylation is 1.